The fourth-order valence-electron chi connectivity index (χ4n) is 7.25. The van der Waals surface area contributed by atoms with Gasteiger partial charge in [0.2, 0.25) is 17.7 Å². The molecule has 2 aliphatic rings. The molecule has 8 nitrogen and oxygen atoms in total. The van der Waals surface area contributed by atoms with Gasteiger partial charge in [0.15, 0.2) is 0 Å². The van der Waals surface area contributed by atoms with Crippen LogP contribution >= 0.6 is 0 Å². The zero-order valence-electron chi connectivity index (χ0n) is 27.1. The van der Waals surface area contributed by atoms with Crippen LogP contribution in [0.25, 0.3) is 11.3 Å². The molecular formula is C35H46N4O4S. The molecule has 4 bridgehead atoms. The molecule has 1 saturated carbocycles. The minimum Gasteiger partial charge on any atom is -0.477 e. The van der Waals surface area contributed by atoms with Gasteiger partial charge in [-0.3, -0.25) is 4.79 Å². The lowest BCUT2D eigenvalue weighted by Crippen LogP contribution is -2.36. The Labute approximate surface area is 262 Å². The largest absolute Gasteiger partial charge is 0.477 e. The van der Waals surface area contributed by atoms with Crippen molar-refractivity contribution in [1.82, 2.24) is 14.9 Å². The zero-order chi connectivity index (χ0) is 31.8. The molecule has 0 spiro atoms. The van der Waals surface area contributed by atoms with E-state index in [0.717, 1.165) is 54.4 Å². The molecule has 2 atom stereocenters. The molecule has 3 aromatic rings. The van der Waals surface area contributed by atoms with Crippen LogP contribution < -0.4 is 9.46 Å². The summed E-state index contributed by atoms with van der Waals surface area (Å²) in [5.74, 6) is 0.986. The van der Waals surface area contributed by atoms with Crippen molar-refractivity contribution in [3.05, 3.63) is 65.2 Å². The Morgan fingerprint density at radius 1 is 0.977 bits per heavy atom. The third kappa shape index (κ3) is 7.09. The van der Waals surface area contributed by atoms with Crippen molar-refractivity contribution in [2.24, 2.45) is 23.2 Å². The van der Waals surface area contributed by atoms with E-state index in [2.05, 4.69) is 41.5 Å². The third-order valence-electron chi connectivity index (χ3n) is 9.12. The summed E-state index contributed by atoms with van der Waals surface area (Å²) in [6.07, 6.45) is 4.34. The predicted molar refractivity (Wildman–Crippen MR) is 174 cm³/mol. The molecule has 1 amide bonds. The number of sulfonamides is 1. The maximum atomic E-state index is 13.8. The first-order valence-corrected chi connectivity index (χ1v) is 17.1. The van der Waals surface area contributed by atoms with Crippen LogP contribution in [-0.4, -0.2) is 49.9 Å². The number of ether oxygens (including phenoxy) is 1. The Kier molecular flexibility index (Phi) is 9.08. The van der Waals surface area contributed by atoms with Crippen LogP contribution in [0, 0.1) is 37.0 Å². The Morgan fingerprint density at radius 2 is 1.64 bits per heavy atom. The number of nitrogens with one attached hydrogen (secondary N) is 1. The molecule has 2 aromatic carbocycles. The molecule has 1 aliphatic heterocycles. The van der Waals surface area contributed by atoms with Gasteiger partial charge in [0.25, 0.3) is 10.0 Å². The number of benzene rings is 2. The highest BCUT2D eigenvalue weighted by Gasteiger charge is 2.38. The van der Waals surface area contributed by atoms with E-state index in [9.17, 15) is 13.2 Å². The molecule has 1 aliphatic carbocycles. The fourth-order valence-corrected chi connectivity index (χ4v) is 8.25. The highest BCUT2D eigenvalue weighted by Crippen LogP contribution is 2.46. The Balaban J connectivity index is 1.60. The van der Waals surface area contributed by atoms with Crippen molar-refractivity contribution in [2.45, 2.75) is 77.5 Å². The van der Waals surface area contributed by atoms with Crippen molar-refractivity contribution < 1.29 is 17.9 Å². The van der Waals surface area contributed by atoms with E-state index in [1.807, 2.05) is 64.3 Å². The van der Waals surface area contributed by atoms with Gasteiger partial charge in [0.1, 0.15) is 0 Å². The third-order valence-corrected chi connectivity index (χ3v) is 10.4. The molecule has 1 N–H and O–H groups in total. The number of hydrogen-bond acceptors (Lipinski definition) is 6. The van der Waals surface area contributed by atoms with Crippen molar-refractivity contribution in [1.29, 1.82) is 0 Å². The average Bonchev–Trinajstić information content (AvgIpc) is 2.94. The minimum absolute atomic E-state index is 0.00688. The number of carbonyl (C=O) groups excluding carboxylic acids is 1. The Bertz CT molecular complexity index is 1600. The quantitative estimate of drug-likeness (QED) is 0.338. The van der Waals surface area contributed by atoms with E-state index in [0.29, 0.717) is 18.2 Å². The van der Waals surface area contributed by atoms with Gasteiger partial charge in [0.05, 0.1) is 17.2 Å². The average molecular weight is 619 g/mol. The molecule has 1 aromatic heterocycles. The zero-order valence-corrected chi connectivity index (χ0v) is 27.9. The van der Waals surface area contributed by atoms with Gasteiger partial charge in [-0.15, -0.1) is 0 Å². The normalized spacial score (nSPS) is 23.3. The van der Waals surface area contributed by atoms with E-state index in [4.69, 9.17) is 4.74 Å². The second kappa shape index (κ2) is 12.5. The van der Waals surface area contributed by atoms with E-state index < -0.39 is 10.0 Å². The molecular weight excluding hydrogens is 572 g/mol. The van der Waals surface area contributed by atoms with Gasteiger partial charge >= 0.3 is 0 Å². The lowest BCUT2D eigenvalue weighted by Gasteiger charge is -2.40. The number of carbonyl (C=O) groups is 1. The summed E-state index contributed by atoms with van der Waals surface area (Å²) in [4.78, 5) is 23.8. The van der Waals surface area contributed by atoms with E-state index in [1.54, 1.807) is 11.0 Å². The monoisotopic (exact) mass is 618 g/mol. The lowest BCUT2D eigenvalue weighted by molar-refractivity contribution is -0.134. The SMILES string of the molecule is Cc1cccc(C)c1-c1cc2nc(n1)NS(=O)(=O)c1cccc(c1)C(C1CCC(C(=O)N(C)C)CC1)[C@H](CC(C)(C)C)CO2. The summed E-state index contributed by atoms with van der Waals surface area (Å²) in [5, 5.41) is 0. The van der Waals surface area contributed by atoms with Crippen molar-refractivity contribution in [3.63, 3.8) is 0 Å². The summed E-state index contributed by atoms with van der Waals surface area (Å²) < 4.78 is 36.7. The molecule has 1 unspecified atom stereocenters. The number of aryl methyl sites for hydroxylation is 2. The van der Waals surface area contributed by atoms with Crippen molar-refractivity contribution >= 4 is 21.9 Å². The first-order chi connectivity index (χ1) is 20.7. The molecule has 0 radical (unpaired) electrons. The number of hydrogen-bond donors (Lipinski definition) is 1. The highest BCUT2D eigenvalue weighted by atomic mass is 32.2. The van der Waals surface area contributed by atoms with Gasteiger partial charge < -0.3 is 9.64 Å². The summed E-state index contributed by atoms with van der Waals surface area (Å²) in [5.41, 5.74) is 4.61. The lowest BCUT2D eigenvalue weighted by atomic mass is 9.66. The van der Waals surface area contributed by atoms with Crippen LogP contribution in [-0.2, 0) is 14.8 Å². The number of anilines is 1. The van der Waals surface area contributed by atoms with Gasteiger partial charge in [-0.25, -0.2) is 18.1 Å². The number of amides is 1. The van der Waals surface area contributed by atoms with Gasteiger partial charge in [0, 0.05) is 37.6 Å². The number of nitrogens with zero attached hydrogens (tertiary/aromatic N) is 3. The molecule has 2 heterocycles. The van der Waals surface area contributed by atoms with E-state index in [1.165, 1.54) is 0 Å². The summed E-state index contributed by atoms with van der Waals surface area (Å²) >= 11 is 0. The number of fused-ring (bicyclic) bond motifs is 4. The highest BCUT2D eigenvalue weighted by molar-refractivity contribution is 7.92. The van der Waals surface area contributed by atoms with Crippen LogP contribution in [0.5, 0.6) is 5.88 Å². The van der Waals surface area contributed by atoms with E-state index in [-0.39, 0.29) is 45.8 Å². The molecule has 44 heavy (non-hydrogen) atoms. The van der Waals surface area contributed by atoms with Crippen LogP contribution in [0.15, 0.2) is 53.4 Å². The molecule has 9 heteroatoms. The molecule has 0 saturated heterocycles. The summed E-state index contributed by atoms with van der Waals surface area (Å²) in [6, 6.07) is 15.2. The van der Waals surface area contributed by atoms with Crippen LogP contribution in [0.1, 0.15) is 75.5 Å². The summed E-state index contributed by atoms with van der Waals surface area (Å²) in [6.45, 7) is 11.2. The molecule has 5 rings (SSSR count). The topological polar surface area (TPSA) is 101 Å². The fraction of sp³-hybridized carbons (Fsp3) is 0.514. The second-order valence-electron chi connectivity index (χ2n) is 14.1. The first kappa shape index (κ1) is 31.9. The Morgan fingerprint density at radius 3 is 2.27 bits per heavy atom. The number of aromatic nitrogens is 2. The van der Waals surface area contributed by atoms with Gasteiger partial charge in [-0.2, -0.15) is 4.98 Å². The Hall–Kier alpha value is -3.46. The maximum absolute atomic E-state index is 13.8. The standard InChI is InChI=1S/C35H46N4O4S/c1-22-10-8-11-23(2)31(22)29-19-30-37-34(36-29)38-44(41,42)28-13-9-12-26(18-28)32(27(21-43-30)20-35(3,4)5)24-14-16-25(17-15-24)33(40)39(6)7/h8-13,18-19,24-25,27,32H,14-17,20-21H2,1-7H3,(H,36,37,38)/t24?,25?,27-,32?/m1/s1. The van der Waals surface area contributed by atoms with Crippen LogP contribution in [0.4, 0.5) is 5.95 Å². The smallest absolute Gasteiger partial charge is 0.264 e. The molecule has 1 fully saturated rings. The van der Waals surface area contributed by atoms with Gasteiger partial charge in [-0.1, -0.05) is 51.1 Å². The summed E-state index contributed by atoms with van der Waals surface area (Å²) in [7, 11) is -0.340. The molecule has 236 valence electrons. The first-order valence-electron chi connectivity index (χ1n) is 15.6. The predicted octanol–water partition coefficient (Wildman–Crippen LogP) is 6.98. The maximum Gasteiger partial charge on any atom is 0.264 e. The minimum atomic E-state index is -3.98. The second-order valence-corrected chi connectivity index (χ2v) is 15.7. The number of rotatable bonds is 4. The van der Waals surface area contributed by atoms with Gasteiger partial charge in [-0.05, 0) is 92.0 Å². The van der Waals surface area contributed by atoms with Crippen LogP contribution in [0.3, 0.4) is 0 Å². The van der Waals surface area contributed by atoms with Crippen LogP contribution in [0.2, 0.25) is 0 Å². The van der Waals surface area contributed by atoms with Crippen molar-refractivity contribution in [3.8, 4) is 17.1 Å². The van der Waals surface area contributed by atoms with E-state index >= 15 is 0 Å². The van der Waals surface area contributed by atoms with Crippen molar-refractivity contribution in [2.75, 3.05) is 25.4 Å².